The molecule has 1 fully saturated rings. The molecule has 0 aliphatic carbocycles. The summed E-state index contributed by atoms with van der Waals surface area (Å²) in [6.07, 6.45) is 7.36. The van der Waals surface area contributed by atoms with Gasteiger partial charge in [0.2, 0.25) is 11.3 Å². The Balaban J connectivity index is 1.47. The van der Waals surface area contributed by atoms with Crippen LogP contribution in [0.1, 0.15) is 19.3 Å². The van der Waals surface area contributed by atoms with Crippen molar-refractivity contribution in [1.29, 1.82) is 0 Å². The van der Waals surface area contributed by atoms with Crippen LogP contribution in [-0.2, 0) is 7.05 Å². The molecule has 9 nitrogen and oxygen atoms in total. The Morgan fingerprint density at radius 2 is 1.96 bits per heavy atom. The molecule has 3 aromatic heterocycles. The fraction of sp³-hybridized carbons (Fsp3) is 0.533. The number of hydrogen-bond donors (Lipinski definition) is 1. The van der Waals surface area contributed by atoms with Gasteiger partial charge < -0.3 is 14.8 Å². The van der Waals surface area contributed by atoms with Gasteiger partial charge in [0.15, 0.2) is 16.8 Å². The Hall–Kier alpha value is -2.36. The van der Waals surface area contributed by atoms with Crippen molar-refractivity contribution in [2.45, 2.75) is 24.4 Å². The Morgan fingerprint density at radius 1 is 1.16 bits per heavy atom. The molecule has 3 aromatic rings. The first-order valence-electron chi connectivity index (χ1n) is 8.40. The molecule has 1 aliphatic rings. The second-order valence-corrected chi connectivity index (χ2v) is 7.01. The van der Waals surface area contributed by atoms with Gasteiger partial charge in [-0.3, -0.25) is 0 Å². The highest BCUT2D eigenvalue weighted by Gasteiger charge is 2.20. The summed E-state index contributed by atoms with van der Waals surface area (Å²) in [6, 6.07) is 0. The molecule has 0 radical (unpaired) electrons. The fourth-order valence-electron chi connectivity index (χ4n) is 2.88. The Morgan fingerprint density at radius 3 is 2.72 bits per heavy atom. The van der Waals surface area contributed by atoms with Crippen LogP contribution in [0.5, 0.6) is 0 Å². The first kappa shape index (κ1) is 16.1. The number of piperidine rings is 1. The van der Waals surface area contributed by atoms with Gasteiger partial charge in [0, 0.05) is 44.8 Å². The summed E-state index contributed by atoms with van der Waals surface area (Å²) in [4.78, 5) is 15.7. The molecule has 0 unspecified atom stereocenters. The van der Waals surface area contributed by atoms with E-state index in [9.17, 15) is 0 Å². The smallest absolute Gasteiger partial charge is 0.245 e. The maximum atomic E-state index is 4.76. The summed E-state index contributed by atoms with van der Waals surface area (Å²) in [6.45, 7) is 2.73. The van der Waals surface area contributed by atoms with Crippen LogP contribution in [0.4, 0.5) is 11.6 Å². The molecule has 10 heteroatoms. The van der Waals surface area contributed by atoms with Gasteiger partial charge >= 0.3 is 0 Å². The van der Waals surface area contributed by atoms with E-state index in [1.54, 1.807) is 18.0 Å². The molecular weight excluding hydrogens is 340 g/mol. The van der Waals surface area contributed by atoms with E-state index in [2.05, 4.69) is 35.5 Å². The van der Waals surface area contributed by atoms with Crippen molar-refractivity contribution < 1.29 is 4.63 Å². The van der Waals surface area contributed by atoms with Crippen LogP contribution in [0.2, 0.25) is 0 Å². The molecule has 1 saturated heterocycles. The summed E-state index contributed by atoms with van der Waals surface area (Å²) in [5, 5.41) is 12.0. The predicted octanol–water partition coefficient (Wildman–Crippen LogP) is 1.94. The summed E-state index contributed by atoms with van der Waals surface area (Å²) in [7, 11) is 1.99. The van der Waals surface area contributed by atoms with Crippen LogP contribution >= 0.6 is 11.8 Å². The number of aromatic nitrogens is 6. The van der Waals surface area contributed by atoms with Crippen LogP contribution in [-0.4, -0.2) is 55.2 Å². The molecule has 25 heavy (non-hydrogen) atoms. The summed E-state index contributed by atoms with van der Waals surface area (Å²) in [5.41, 5.74) is 0.883. The summed E-state index contributed by atoms with van der Waals surface area (Å²) < 4.78 is 6.77. The minimum absolute atomic E-state index is 0.431. The van der Waals surface area contributed by atoms with E-state index >= 15 is 0 Å². The van der Waals surface area contributed by atoms with E-state index in [1.165, 1.54) is 19.3 Å². The molecular formula is C15H20N8OS. The lowest BCUT2D eigenvalue weighted by Gasteiger charge is -2.28. The topological polar surface area (TPSA) is 97.8 Å². The van der Waals surface area contributed by atoms with E-state index < -0.39 is 0 Å². The lowest BCUT2D eigenvalue weighted by atomic mass is 10.1. The minimum atomic E-state index is 0.431. The first-order valence-corrected chi connectivity index (χ1v) is 9.39. The van der Waals surface area contributed by atoms with Gasteiger partial charge in [-0.15, -0.1) is 0 Å². The quantitative estimate of drug-likeness (QED) is 0.522. The fourth-order valence-corrected chi connectivity index (χ4v) is 3.66. The molecule has 0 aromatic carbocycles. The lowest BCUT2D eigenvalue weighted by Crippen LogP contribution is -2.31. The zero-order valence-electron chi connectivity index (χ0n) is 14.1. The molecule has 0 bridgehead atoms. The standard InChI is InChI=1S/C15H20N8OS/c1-22-9-5-17-15(22)25-10-6-16-13-14(23-7-3-2-4-8-23)19-12-11(18-13)20-24-21-12/h5,9H,2-4,6-8,10H2,1H3,(H,16,18,20). The van der Waals surface area contributed by atoms with Crippen molar-refractivity contribution in [2.75, 3.05) is 35.6 Å². The van der Waals surface area contributed by atoms with Gasteiger partial charge in [-0.25, -0.2) is 19.6 Å². The number of nitrogens with one attached hydrogen (secondary N) is 1. The highest BCUT2D eigenvalue weighted by atomic mass is 32.2. The SMILES string of the molecule is Cn1ccnc1SCCNc1nc2nonc2nc1N1CCCCC1. The molecule has 1 aliphatic heterocycles. The maximum absolute atomic E-state index is 4.76. The monoisotopic (exact) mass is 360 g/mol. The second-order valence-electron chi connectivity index (χ2n) is 5.95. The predicted molar refractivity (Wildman–Crippen MR) is 95.9 cm³/mol. The van der Waals surface area contributed by atoms with Crippen molar-refractivity contribution in [2.24, 2.45) is 7.05 Å². The molecule has 4 heterocycles. The highest BCUT2D eigenvalue weighted by molar-refractivity contribution is 7.99. The van der Waals surface area contributed by atoms with Gasteiger partial charge in [-0.2, -0.15) is 0 Å². The highest BCUT2D eigenvalue weighted by Crippen LogP contribution is 2.26. The number of anilines is 2. The molecule has 0 spiro atoms. The third-order valence-electron chi connectivity index (χ3n) is 4.15. The first-order chi connectivity index (χ1) is 12.3. The molecule has 4 rings (SSSR count). The summed E-state index contributed by atoms with van der Waals surface area (Å²) in [5.74, 6) is 2.46. The maximum Gasteiger partial charge on any atom is 0.245 e. The number of rotatable bonds is 6. The molecule has 0 amide bonds. The van der Waals surface area contributed by atoms with Crippen molar-refractivity contribution in [3.8, 4) is 0 Å². The van der Waals surface area contributed by atoms with E-state index in [-0.39, 0.29) is 0 Å². The minimum Gasteiger partial charge on any atom is -0.366 e. The van der Waals surface area contributed by atoms with Crippen LogP contribution in [0.15, 0.2) is 22.2 Å². The second kappa shape index (κ2) is 7.26. The average Bonchev–Trinajstić information content (AvgIpc) is 3.27. The Labute approximate surface area is 149 Å². The molecule has 0 saturated carbocycles. The zero-order valence-corrected chi connectivity index (χ0v) is 14.9. The number of aryl methyl sites for hydroxylation is 1. The van der Waals surface area contributed by atoms with Crippen molar-refractivity contribution in [1.82, 2.24) is 29.8 Å². The number of hydrogen-bond acceptors (Lipinski definition) is 9. The van der Waals surface area contributed by atoms with E-state index in [0.717, 1.165) is 42.2 Å². The van der Waals surface area contributed by atoms with Gasteiger partial charge in [-0.1, -0.05) is 11.8 Å². The number of imidazole rings is 1. The van der Waals surface area contributed by atoms with E-state index in [0.29, 0.717) is 11.3 Å². The molecule has 0 atom stereocenters. The average molecular weight is 360 g/mol. The molecule has 132 valence electrons. The Kier molecular flexibility index (Phi) is 4.68. The number of thioether (sulfide) groups is 1. The molecule has 1 N–H and O–H groups in total. The van der Waals surface area contributed by atoms with Gasteiger partial charge in [-0.05, 0) is 29.6 Å². The van der Waals surface area contributed by atoms with Crippen LogP contribution in [0.3, 0.4) is 0 Å². The van der Waals surface area contributed by atoms with Crippen molar-refractivity contribution in [3.05, 3.63) is 12.4 Å². The van der Waals surface area contributed by atoms with Crippen LogP contribution < -0.4 is 10.2 Å². The third-order valence-corrected chi connectivity index (χ3v) is 5.21. The van der Waals surface area contributed by atoms with Crippen LogP contribution in [0.25, 0.3) is 11.3 Å². The zero-order chi connectivity index (χ0) is 17.1. The van der Waals surface area contributed by atoms with E-state index in [1.807, 2.05) is 17.8 Å². The number of nitrogens with zero attached hydrogens (tertiary/aromatic N) is 7. The van der Waals surface area contributed by atoms with E-state index in [4.69, 9.17) is 4.63 Å². The van der Waals surface area contributed by atoms with Gasteiger partial charge in [0.1, 0.15) is 0 Å². The van der Waals surface area contributed by atoms with Crippen molar-refractivity contribution >= 4 is 34.7 Å². The summed E-state index contributed by atoms with van der Waals surface area (Å²) >= 11 is 1.70. The van der Waals surface area contributed by atoms with Gasteiger partial charge in [0.25, 0.3) is 0 Å². The number of fused-ring (bicyclic) bond motifs is 1. The Bertz CT molecular complexity index is 841. The third kappa shape index (κ3) is 3.53. The van der Waals surface area contributed by atoms with Crippen molar-refractivity contribution in [3.63, 3.8) is 0 Å². The lowest BCUT2D eigenvalue weighted by molar-refractivity contribution is 0.314. The largest absolute Gasteiger partial charge is 0.366 e. The van der Waals surface area contributed by atoms with Gasteiger partial charge in [0.05, 0.1) is 0 Å². The normalized spacial score (nSPS) is 15.0. The van der Waals surface area contributed by atoms with Crippen LogP contribution in [0, 0.1) is 0 Å².